The third kappa shape index (κ3) is 3.63. The Balaban J connectivity index is 1.63. The molecule has 0 spiro atoms. The summed E-state index contributed by atoms with van der Waals surface area (Å²) in [5, 5.41) is 0. The fourth-order valence-electron chi connectivity index (χ4n) is 1.77. The van der Waals surface area contributed by atoms with Gasteiger partial charge in [0.15, 0.2) is 0 Å². The zero-order valence-electron chi connectivity index (χ0n) is 11.4. The summed E-state index contributed by atoms with van der Waals surface area (Å²) >= 11 is 0. The van der Waals surface area contributed by atoms with E-state index >= 15 is 0 Å². The van der Waals surface area contributed by atoms with Crippen molar-refractivity contribution in [1.82, 2.24) is 0 Å². The van der Waals surface area contributed by atoms with Crippen LogP contribution in [0.5, 0.6) is 5.75 Å². The minimum atomic E-state index is 0.288. The fourth-order valence-corrected chi connectivity index (χ4v) is 1.77. The molecule has 1 aliphatic heterocycles. The summed E-state index contributed by atoms with van der Waals surface area (Å²) in [6.45, 7) is 3.52. The van der Waals surface area contributed by atoms with Crippen LogP contribution in [0.4, 0.5) is 0 Å². The molecule has 0 N–H and O–H groups in total. The molecular formula is C18H16O2. The molecule has 2 heteroatoms. The first-order chi connectivity index (χ1) is 9.79. The first-order valence-corrected chi connectivity index (χ1v) is 6.73. The van der Waals surface area contributed by atoms with Crippen molar-refractivity contribution >= 4 is 0 Å². The van der Waals surface area contributed by atoms with Gasteiger partial charge in [0.05, 0.1) is 6.61 Å². The van der Waals surface area contributed by atoms with Crippen LogP contribution in [0.25, 0.3) is 0 Å². The quantitative estimate of drug-likeness (QED) is 0.627. The summed E-state index contributed by atoms with van der Waals surface area (Å²) in [6, 6.07) is 16.1. The van der Waals surface area contributed by atoms with Crippen LogP contribution in [-0.4, -0.2) is 19.3 Å². The van der Waals surface area contributed by atoms with Crippen molar-refractivity contribution < 1.29 is 9.47 Å². The maximum absolute atomic E-state index is 5.59. The number of hydrogen-bond acceptors (Lipinski definition) is 2. The first kappa shape index (κ1) is 12.8. The molecule has 2 aromatic rings. The lowest BCUT2D eigenvalue weighted by atomic mass is 10.1. The molecule has 0 bridgehead atoms. The van der Waals surface area contributed by atoms with Gasteiger partial charge in [-0.3, -0.25) is 0 Å². The van der Waals surface area contributed by atoms with Gasteiger partial charge >= 0.3 is 0 Å². The van der Waals surface area contributed by atoms with Crippen molar-refractivity contribution in [1.29, 1.82) is 0 Å². The molecule has 0 aromatic heterocycles. The van der Waals surface area contributed by atoms with Crippen molar-refractivity contribution in [3.8, 4) is 17.6 Å². The van der Waals surface area contributed by atoms with Crippen molar-refractivity contribution in [2.45, 2.75) is 13.0 Å². The molecule has 2 nitrogen and oxygen atoms in total. The normalized spacial score (nSPS) is 16.1. The number of hydrogen-bond donors (Lipinski definition) is 0. The van der Waals surface area contributed by atoms with Crippen molar-refractivity contribution in [3.63, 3.8) is 0 Å². The van der Waals surface area contributed by atoms with Gasteiger partial charge in [-0.15, -0.1) is 0 Å². The minimum absolute atomic E-state index is 0.288. The average molecular weight is 264 g/mol. The molecule has 0 amide bonds. The molecule has 2 aromatic carbocycles. The molecule has 3 rings (SSSR count). The molecule has 1 fully saturated rings. The smallest absolute Gasteiger partial charge is 0.119 e. The molecule has 1 aliphatic rings. The highest BCUT2D eigenvalue weighted by atomic mass is 16.6. The van der Waals surface area contributed by atoms with E-state index in [-0.39, 0.29) is 6.10 Å². The second-order valence-corrected chi connectivity index (χ2v) is 4.91. The molecule has 0 saturated carbocycles. The largest absolute Gasteiger partial charge is 0.491 e. The Kier molecular flexibility index (Phi) is 3.71. The molecular weight excluding hydrogens is 248 g/mol. The SMILES string of the molecule is Cc1ccc(C#Cc2ccc(OCC3CO3)cc2)cc1. The highest BCUT2D eigenvalue weighted by Crippen LogP contribution is 2.15. The zero-order valence-corrected chi connectivity index (χ0v) is 11.4. The molecule has 1 atom stereocenters. The van der Waals surface area contributed by atoms with Crippen LogP contribution in [0.2, 0.25) is 0 Å². The molecule has 20 heavy (non-hydrogen) atoms. The van der Waals surface area contributed by atoms with E-state index in [0.717, 1.165) is 23.5 Å². The Morgan fingerprint density at radius 1 is 1.00 bits per heavy atom. The van der Waals surface area contributed by atoms with E-state index in [0.29, 0.717) is 6.61 Å². The van der Waals surface area contributed by atoms with Gasteiger partial charge in [0, 0.05) is 11.1 Å². The highest BCUT2D eigenvalue weighted by molar-refractivity contribution is 5.44. The molecule has 1 unspecified atom stereocenters. The zero-order chi connectivity index (χ0) is 13.8. The maximum atomic E-state index is 5.59. The second-order valence-electron chi connectivity index (χ2n) is 4.91. The number of benzene rings is 2. The highest BCUT2D eigenvalue weighted by Gasteiger charge is 2.22. The molecule has 0 radical (unpaired) electrons. The Morgan fingerprint density at radius 3 is 2.10 bits per heavy atom. The summed E-state index contributed by atoms with van der Waals surface area (Å²) in [4.78, 5) is 0. The van der Waals surface area contributed by atoms with Gasteiger partial charge < -0.3 is 9.47 Å². The van der Waals surface area contributed by atoms with E-state index in [1.54, 1.807) is 0 Å². The lowest BCUT2D eigenvalue weighted by Gasteiger charge is -2.03. The van der Waals surface area contributed by atoms with Gasteiger partial charge in [-0.1, -0.05) is 29.5 Å². The van der Waals surface area contributed by atoms with Gasteiger partial charge in [0.2, 0.25) is 0 Å². The monoisotopic (exact) mass is 264 g/mol. The second kappa shape index (κ2) is 5.81. The Hall–Kier alpha value is -2.24. The van der Waals surface area contributed by atoms with Crippen LogP contribution >= 0.6 is 0 Å². The third-order valence-corrected chi connectivity index (χ3v) is 3.10. The third-order valence-electron chi connectivity index (χ3n) is 3.10. The van der Waals surface area contributed by atoms with E-state index in [1.165, 1.54) is 5.56 Å². The van der Waals surface area contributed by atoms with Crippen molar-refractivity contribution in [2.24, 2.45) is 0 Å². The Bertz CT molecular complexity index is 626. The predicted octanol–water partition coefficient (Wildman–Crippen LogP) is 3.17. The van der Waals surface area contributed by atoms with Crippen LogP contribution in [0.3, 0.4) is 0 Å². The predicted molar refractivity (Wildman–Crippen MR) is 78.8 cm³/mol. The average Bonchev–Trinajstić information content (AvgIpc) is 3.30. The standard InChI is InChI=1S/C18H16O2/c1-14-2-4-15(5-3-14)6-7-16-8-10-17(11-9-16)19-12-18-13-20-18/h2-5,8-11,18H,12-13H2,1H3. The van der Waals surface area contributed by atoms with E-state index in [2.05, 4.69) is 30.9 Å². The van der Waals surface area contributed by atoms with Crippen LogP contribution in [0, 0.1) is 18.8 Å². The molecule has 1 heterocycles. The van der Waals surface area contributed by atoms with Gasteiger partial charge in [-0.25, -0.2) is 0 Å². The van der Waals surface area contributed by atoms with Crippen molar-refractivity contribution in [2.75, 3.05) is 13.2 Å². The summed E-state index contributed by atoms with van der Waals surface area (Å²) < 4.78 is 10.7. The maximum Gasteiger partial charge on any atom is 0.119 e. The molecule has 1 saturated heterocycles. The van der Waals surface area contributed by atoms with Gasteiger partial charge in [0.1, 0.15) is 18.5 Å². The van der Waals surface area contributed by atoms with E-state index in [9.17, 15) is 0 Å². The summed E-state index contributed by atoms with van der Waals surface area (Å²) in [5.74, 6) is 7.17. The van der Waals surface area contributed by atoms with Crippen LogP contribution in [0.15, 0.2) is 48.5 Å². The fraction of sp³-hybridized carbons (Fsp3) is 0.222. The van der Waals surface area contributed by atoms with Gasteiger partial charge in [0.25, 0.3) is 0 Å². The number of ether oxygens (including phenoxy) is 2. The van der Waals surface area contributed by atoms with Crippen LogP contribution in [0.1, 0.15) is 16.7 Å². The topological polar surface area (TPSA) is 21.8 Å². The Morgan fingerprint density at radius 2 is 1.55 bits per heavy atom. The van der Waals surface area contributed by atoms with E-state index in [1.807, 2.05) is 36.4 Å². The van der Waals surface area contributed by atoms with E-state index < -0.39 is 0 Å². The van der Waals surface area contributed by atoms with Gasteiger partial charge in [-0.05, 0) is 43.3 Å². The minimum Gasteiger partial charge on any atom is -0.491 e. The number of aryl methyl sites for hydroxylation is 1. The van der Waals surface area contributed by atoms with E-state index in [4.69, 9.17) is 9.47 Å². The van der Waals surface area contributed by atoms with Crippen molar-refractivity contribution in [3.05, 3.63) is 65.2 Å². The van der Waals surface area contributed by atoms with Gasteiger partial charge in [-0.2, -0.15) is 0 Å². The molecule has 100 valence electrons. The summed E-state index contributed by atoms with van der Waals surface area (Å²) in [7, 11) is 0. The summed E-state index contributed by atoms with van der Waals surface area (Å²) in [5.41, 5.74) is 3.26. The van der Waals surface area contributed by atoms with Crippen LogP contribution in [-0.2, 0) is 4.74 Å². The van der Waals surface area contributed by atoms with Crippen LogP contribution < -0.4 is 4.74 Å². The first-order valence-electron chi connectivity index (χ1n) is 6.73. The number of rotatable bonds is 3. The lowest BCUT2D eigenvalue weighted by Crippen LogP contribution is -2.03. The number of epoxide rings is 1. The lowest BCUT2D eigenvalue weighted by molar-refractivity contribution is 0.263. The summed E-state index contributed by atoms with van der Waals surface area (Å²) in [6.07, 6.45) is 0.288. The molecule has 0 aliphatic carbocycles. The Labute approximate surface area is 119 Å².